The molecule has 1 aromatic carbocycles. The fourth-order valence-corrected chi connectivity index (χ4v) is 2.74. The first kappa shape index (κ1) is 15.1. The van der Waals surface area contributed by atoms with Crippen LogP contribution in [0.4, 0.5) is 0 Å². The van der Waals surface area contributed by atoms with Crippen molar-refractivity contribution in [1.82, 2.24) is 4.90 Å². The van der Waals surface area contributed by atoms with E-state index in [1.807, 2.05) is 11.8 Å². The molecule has 20 heavy (non-hydrogen) atoms. The predicted octanol–water partition coefficient (Wildman–Crippen LogP) is 2.45. The number of nitrogens with two attached hydrogens (primary N) is 1. The lowest BCUT2D eigenvalue weighted by Crippen LogP contribution is -2.51. The number of amides is 1. The first-order chi connectivity index (χ1) is 9.47. The van der Waals surface area contributed by atoms with E-state index >= 15 is 0 Å². The summed E-state index contributed by atoms with van der Waals surface area (Å²) < 4.78 is 5.68. The van der Waals surface area contributed by atoms with Crippen LogP contribution in [0.5, 0.6) is 5.75 Å². The number of benzene rings is 1. The van der Waals surface area contributed by atoms with Gasteiger partial charge in [-0.25, -0.2) is 0 Å². The zero-order valence-electron chi connectivity index (χ0n) is 11.9. The van der Waals surface area contributed by atoms with Gasteiger partial charge in [0.25, 0.3) is 5.91 Å². The average Bonchev–Trinajstić information content (AvgIpc) is 2.38. The SMILES string of the molecule is CC(Oc1cccc(Cl)c1)C(=O)N1CCC(N)CC1C. The first-order valence-electron chi connectivity index (χ1n) is 6.95. The fraction of sp³-hybridized carbons (Fsp3) is 0.533. The zero-order chi connectivity index (χ0) is 14.7. The number of carbonyl (C=O) groups excluding carboxylic acids is 1. The van der Waals surface area contributed by atoms with Crippen molar-refractivity contribution < 1.29 is 9.53 Å². The van der Waals surface area contributed by atoms with Gasteiger partial charge in [0, 0.05) is 23.7 Å². The molecule has 1 heterocycles. The summed E-state index contributed by atoms with van der Waals surface area (Å²) in [5, 5.41) is 0.597. The van der Waals surface area contributed by atoms with Crippen LogP contribution in [0.25, 0.3) is 0 Å². The Bertz CT molecular complexity index is 481. The topological polar surface area (TPSA) is 55.6 Å². The second kappa shape index (κ2) is 6.46. The number of hydrogen-bond acceptors (Lipinski definition) is 3. The minimum atomic E-state index is -0.523. The number of ether oxygens (including phenoxy) is 1. The van der Waals surface area contributed by atoms with E-state index in [0.29, 0.717) is 17.3 Å². The minimum absolute atomic E-state index is 0.00405. The average molecular weight is 297 g/mol. The zero-order valence-corrected chi connectivity index (χ0v) is 12.6. The first-order valence-corrected chi connectivity index (χ1v) is 7.33. The molecular formula is C15H21ClN2O2. The normalized spacial score (nSPS) is 24.3. The summed E-state index contributed by atoms with van der Waals surface area (Å²) in [5.41, 5.74) is 5.92. The third kappa shape index (κ3) is 3.64. The quantitative estimate of drug-likeness (QED) is 0.932. The Labute approximate surface area is 124 Å². The lowest BCUT2D eigenvalue weighted by Gasteiger charge is -2.37. The number of likely N-dealkylation sites (tertiary alicyclic amines) is 1. The van der Waals surface area contributed by atoms with Gasteiger partial charge >= 0.3 is 0 Å². The largest absolute Gasteiger partial charge is 0.481 e. The van der Waals surface area contributed by atoms with Gasteiger partial charge in [0.05, 0.1) is 0 Å². The minimum Gasteiger partial charge on any atom is -0.481 e. The van der Waals surface area contributed by atoms with Crippen molar-refractivity contribution in [3.8, 4) is 5.75 Å². The summed E-state index contributed by atoms with van der Waals surface area (Å²) in [6.07, 6.45) is 1.17. The predicted molar refractivity (Wildman–Crippen MR) is 79.9 cm³/mol. The lowest BCUT2D eigenvalue weighted by atomic mass is 9.98. The van der Waals surface area contributed by atoms with Gasteiger partial charge in [0.1, 0.15) is 5.75 Å². The molecule has 4 nitrogen and oxygen atoms in total. The molecule has 110 valence electrons. The number of carbonyl (C=O) groups is 1. The van der Waals surface area contributed by atoms with Gasteiger partial charge in [-0.1, -0.05) is 17.7 Å². The van der Waals surface area contributed by atoms with Crippen LogP contribution >= 0.6 is 11.6 Å². The van der Waals surface area contributed by atoms with Crippen LogP contribution < -0.4 is 10.5 Å². The van der Waals surface area contributed by atoms with Crippen LogP contribution in [0.3, 0.4) is 0 Å². The van der Waals surface area contributed by atoms with Crippen LogP contribution in [0.2, 0.25) is 5.02 Å². The molecule has 1 aromatic rings. The van der Waals surface area contributed by atoms with Gasteiger partial charge < -0.3 is 15.4 Å². The molecule has 1 amide bonds. The highest BCUT2D eigenvalue weighted by Gasteiger charge is 2.30. The van der Waals surface area contributed by atoms with Crippen molar-refractivity contribution in [2.45, 2.75) is 44.9 Å². The Morgan fingerprint density at radius 2 is 2.30 bits per heavy atom. The number of rotatable bonds is 3. The fourth-order valence-electron chi connectivity index (χ4n) is 2.56. The summed E-state index contributed by atoms with van der Waals surface area (Å²) in [6, 6.07) is 7.44. The maximum Gasteiger partial charge on any atom is 0.263 e. The molecule has 3 unspecified atom stereocenters. The van der Waals surface area contributed by atoms with Crippen molar-refractivity contribution in [2.75, 3.05) is 6.54 Å². The summed E-state index contributed by atoms with van der Waals surface area (Å²) >= 11 is 5.91. The molecule has 1 aliphatic rings. The number of halogens is 1. The van der Waals surface area contributed by atoms with E-state index in [-0.39, 0.29) is 18.0 Å². The molecule has 3 atom stereocenters. The maximum absolute atomic E-state index is 12.4. The third-order valence-corrected chi connectivity index (χ3v) is 3.89. The Balaban J connectivity index is 1.98. The second-order valence-electron chi connectivity index (χ2n) is 5.38. The Hall–Kier alpha value is -1.26. The van der Waals surface area contributed by atoms with Crippen LogP contribution in [-0.4, -0.2) is 35.5 Å². The molecule has 1 saturated heterocycles. The maximum atomic E-state index is 12.4. The van der Waals surface area contributed by atoms with Crippen LogP contribution in [0.15, 0.2) is 24.3 Å². The third-order valence-electron chi connectivity index (χ3n) is 3.66. The second-order valence-corrected chi connectivity index (χ2v) is 5.82. The van der Waals surface area contributed by atoms with Gasteiger partial charge in [-0.15, -0.1) is 0 Å². The van der Waals surface area contributed by atoms with Crippen LogP contribution in [0, 0.1) is 0 Å². The van der Waals surface area contributed by atoms with Gasteiger partial charge in [-0.2, -0.15) is 0 Å². The molecule has 2 N–H and O–H groups in total. The monoisotopic (exact) mass is 296 g/mol. The Kier molecular flexibility index (Phi) is 4.89. The summed E-state index contributed by atoms with van der Waals surface area (Å²) in [5.74, 6) is 0.615. The highest BCUT2D eigenvalue weighted by atomic mass is 35.5. The highest BCUT2D eigenvalue weighted by Crippen LogP contribution is 2.21. The van der Waals surface area contributed by atoms with Crippen LogP contribution in [0.1, 0.15) is 26.7 Å². The summed E-state index contributed by atoms with van der Waals surface area (Å²) in [6.45, 7) is 4.50. The van der Waals surface area contributed by atoms with Crippen molar-refractivity contribution in [3.05, 3.63) is 29.3 Å². The molecule has 5 heteroatoms. The van der Waals surface area contributed by atoms with E-state index in [4.69, 9.17) is 22.1 Å². The van der Waals surface area contributed by atoms with Gasteiger partial charge in [-0.3, -0.25) is 4.79 Å². The molecule has 1 fully saturated rings. The van der Waals surface area contributed by atoms with Gasteiger partial charge in [0.15, 0.2) is 6.10 Å². The van der Waals surface area contributed by atoms with Crippen molar-refractivity contribution in [2.24, 2.45) is 5.73 Å². The Morgan fingerprint density at radius 3 is 2.95 bits per heavy atom. The molecular weight excluding hydrogens is 276 g/mol. The highest BCUT2D eigenvalue weighted by molar-refractivity contribution is 6.30. The van der Waals surface area contributed by atoms with E-state index in [2.05, 4.69) is 0 Å². The van der Waals surface area contributed by atoms with Gasteiger partial charge in [-0.05, 0) is 44.9 Å². The molecule has 0 spiro atoms. The Morgan fingerprint density at radius 1 is 1.55 bits per heavy atom. The van der Waals surface area contributed by atoms with Crippen molar-refractivity contribution in [3.63, 3.8) is 0 Å². The number of hydrogen-bond donors (Lipinski definition) is 1. The molecule has 2 rings (SSSR count). The molecule has 0 aliphatic carbocycles. The van der Waals surface area contributed by atoms with Crippen LogP contribution in [-0.2, 0) is 4.79 Å². The molecule has 0 aromatic heterocycles. The van der Waals surface area contributed by atoms with E-state index in [9.17, 15) is 4.79 Å². The standard InChI is InChI=1S/C15H21ClN2O2/c1-10-8-13(17)6-7-18(10)15(19)11(2)20-14-5-3-4-12(16)9-14/h3-5,9-11,13H,6-8,17H2,1-2H3. The molecule has 1 aliphatic heterocycles. The smallest absolute Gasteiger partial charge is 0.263 e. The van der Waals surface area contributed by atoms with E-state index in [1.54, 1.807) is 31.2 Å². The number of nitrogens with zero attached hydrogens (tertiary/aromatic N) is 1. The summed E-state index contributed by atoms with van der Waals surface area (Å²) in [7, 11) is 0. The van der Waals surface area contributed by atoms with E-state index in [1.165, 1.54) is 0 Å². The lowest BCUT2D eigenvalue weighted by molar-refractivity contribution is -0.141. The molecule has 0 radical (unpaired) electrons. The number of piperidine rings is 1. The van der Waals surface area contributed by atoms with E-state index in [0.717, 1.165) is 12.8 Å². The van der Waals surface area contributed by atoms with E-state index < -0.39 is 6.10 Å². The summed E-state index contributed by atoms with van der Waals surface area (Å²) in [4.78, 5) is 14.3. The van der Waals surface area contributed by atoms with Crippen molar-refractivity contribution in [1.29, 1.82) is 0 Å². The molecule has 0 saturated carbocycles. The molecule has 0 bridgehead atoms. The van der Waals surface area contributed by atoms with Gasteiger partial charge in [0.2, 0.25) is 0 Å². The van der Waals surface area contributed by atoms with Crippen molar-refractivity contribution >= 4 is 17.5 Å².